The number of aromatic amines is 1. The molecule has 1 heterocycles. The SMILES string of the molecule is CCCn1c(SC(c2cccc(Cl)c2)C(C)N)n[nH]c1=O. The first-order chi connectivity index (χ1) is 10.0. The summed E-state index contributed by atoms with van der Waals surface area (Å²) in [6, 6.07) is 7.52. The zero-order valence-electron chi connectivity index (χ0n) is 12.0. The minimum atomic E-state index is -0.186. The summed E-state index contributed by atoms with van der Waals surface area (Å²) in [5, 5.41) is 7.91. The van der Waals surface area contributed by atoms with Gasteiger partial charge in [-0.3, -0.25) is 4.57 Å². The molecule has 7 heteroatoms. The number of benzene rings is 1. The second-order valence-electron chi connectivity index (χ2n) is 4.92. The summed E-state index contributed by atoms with van der Waals surface area (Å²) >= 11 is 7.54. The van der Waals surface area contributed by atoms with Crippen LogP contribution in [0.25, 0.3) is 0 Å². The lowest BCUT2D eigenvalue weighted by Gasteiger charge is -2.20. The number of hydrogen-bond donors (Lipinski definition) is 2. The Morgan fingerprint density at radius 1 is 1.52 bits per heavy atom. The molecule has 1 aromatic carbocycles. The van der Waals surface area contributed by atoms with Crippen LogP contribution in [-0.2, 0) is 6.54 Å². The van der Waals surface area contributed by atoms with Gasteiger partial charge in [0.25, 0.3) is 0 Å². The second kappa shape index (κ2) is 7.15. The zero-order chi connectivity index (χ0) is 15.4. The molecular weight excluding hydrogens is 308 g/mol. The molecule has 3 N–H and O–H groups in total. The van der Waals surface area contributed by atoms with Gasteiger partial charge in [0.15, 0.2) is 5.16 Å². The molecule has 0 saturated heterocycles. The van der Waals surface area contributed by atoms with Crippen LogP contribution in [0.4, 0.5) is 0 Å². The first-order valence-corrected chi connectivity index (χ1v) is 8.11. The number of hydrogen-bond acceptors (Lipinski definition) is 4. The largest absolute Gasteiger partial charge is 0.343 e. The maximum absolute atomic E-state index is 11.8. The fourth-order valence-corrected chi connectivity index (χ4v) is 3.41. The zero-order valence-corrected chi connectivity index (χ0v) is 13.6. The molecule has 0 fully saturated rings. The summed E-state index contributed by atoms with van der Waals surface area (Å²) in [7, 11) is 0. The molecule has 0 amide bonds. The molecule has 0 aliphatic rings. The van der Waals surface area contributed by atoms with Crippen molar-refractivity contribution in [1.82, 2.24) is 14.8 Å². The van der Waals surface area contributed by atoms with E-state index in [0.29, 0.717) is 16.7 Å². The van der Waals surface area contributed by atoms with Crippen LogP contribution in [0.5, 0.6) is 0 Å². The molecule has 0 bridgehead atoms. The van der Waals surface area contributed by atoms with E-state index in [0.717, 1.165) is 12.0 Å². The van der Waals surface area contributed by atoms with Crippen LogP contribution in [0.3, 0.4) is 0 Å². The molecule has 2 rings (SSSR count). The van der Waals surface area contributed by atoms with Crippen molar-refractivity contribution in [3.05, 3.63) is 45.3 Å². The Morgan fingerprint density at radius 2 is 2.29 bits per heavy atom. The fraction of sp³-hybridized carbons (Fsp3) is 0.429. The van der Waals surface area contributed by atoms with Crippen LogP contribution in [0, 0.1) is 0 Å². The molecule has 0 saturated carbocycles. The number of halogens is 1. The van der Waals surface area contributed by atoms with Crippen LogP contribution >= 0.6 is 23.4 Å². The minimum Gasteiger partial charge on any atom is -0.327 e. The van der Waals surface area contributed by atoms with Crippen LogP contribution < -0.4 is 11.4 Å². The number of nitrogens with one attached hydrogen (secondary N) is 1. The van der Waals surface area contributed by atoms with Crippen molar-refractivity contribution < 1.29 is 0 Å². The van der Waals surface area contributed by atoms with Gasteiger partial charge in [-0.25, -0.2) is 9.89 Å². The lowest BCUT2D eigenvalue weighted by Crippen LogP contribution is -2.24. The van der Waals surface area contributed by atoms with Gasteiger partial charge in [0, 0.05) is 17.6 Å². The third-order valence-corrected chi connectivity index (χ3v) is 4.77. The van der Waals surface area contributed by atoms with E-state index in [4.69, 9.17) is 17.3 Å². The molecule has 1 aromatic heterocycles. The highest BCUT2D eigenvalue weighted by molar-refractivity contribution is 7.99. The van der Waals surface area contributed by atoms with Gasteiger partial charge in [0.1, 0.15) is 0 Å². The summed E-state index contributed by atoms with van der Waals surface area (Å²) in [5.41, 5.74) is 6.95. The molecular formula is C14H19ClN4OS. The molecule has 2 unspecified atom stereocenters. The van der Waals surface area contributed by atoms with E-state index >= 15 is 0 Å². The third kappa shape index (κ3) is 3.90. The van der Waals surface area contributed by atoms with Crippen molar-refractivity contribution >= 4 is 23.4 Å². The molecule has 0 aliphatic carbocycles. The van der Waals surface area contributed by atoms with E-state index in [-0.39, 0.29) is 17.0 Å². The average molecular weight is 327 g/mol. The van der Waals surface area contributed by atoms with Gasteiger partial charge in [-0.2, -0.15) is 0 Å². The van der Waals surface area contributed by atoms with Gasteiger partial charge in [0.05, 0.1) is 5.25 Å². The average Bonchev–Trinajstić information content (AvgIpc) is 2.77. The summed E-state index contributed by atoms with van der Waals surface area (Å²) in [5.74, 6) is 0. The van der Waals surface area contributed by atoms with Gasteiger partial charge < -0.3 is 5.73 Å². The lowest BCUT2D eigenvalue weighted by atomic mass is 10.1. The smallest absolute Gasteiger partial charge is 0.327 e. The van der Waals surface area contributed by atoms with Crippen molar-refractivity contribution in [2.75, 3.05) is 0 Å². The molecule has 2 aromatic rings. The van der Waals surface area contributed by atoms with E-state index in [1.165, 1.54) is 11.8 Å². The van der Waals surface area contributed by atoms with Gasteiger partial charge in [0.2, 0.25) is 0 Å². The Labute approximate surface area is 132 Å². The number of nitrogens with two attached hydrogens (primary N) is 1. The number of thioether (sulfide) groups is 1. The van der Waals surface area contributed by atoms with Crippen molar-refractivity contribution in [1.29, 1.82) is 0 Å². The number of aromatic nitrogens is 3. The lowest BCUT2D eigenvalue weighted by molar-refractivity contribution is 0.600. The fourth-order valence-electron chi connectivity index (χ4n) is 2.09. The van der Waals surface area contributed by atoms with E-state index in [1.54, 1.807) is 4.57 Å². The predicted octanol–water partition coefficient (Wildman–Crippen LogP) is 2.82. The Balaban J connectivity index is 2.31. The van der Waals surface area contributed by atoms with Gasteiger partial charge in [-0.1, -0.05) is 42.4 Å². The standard InChI is InChI=1S/C14H19ClN4OS/c1-3-7-19-13(20)17-18-14(19)21-12(9(2)16)10-5-4-6-11(15)8-10/h4-6,8-9,12H,3,7,16H2,1-2H3,(H,17,20). The normalized spacial score (nSPS) is 14.1. The Hall–Kier alpha value is -1.24. The topological polar surface area (TPSA) is 76.7 Å². The highest BCUT2D eigenvalue weighted by Gasteiger charge is 2.21. The van der Waals surface area contributed by atoms with E-state index in [1.807, 2.05) is 38.1 Å². The first kappa shape index (κ1) is 16.1. The second-order valence-corrected chi connectivity index (χ2v) is 6.46. The molecule has 0 spiro atoms. The maximum atomic E-state index is 11.8. The summed E-state index contributed by atoms with van der Waals surface area (Å²) < 4.78 is 1.64. The van der Waals surface area contributed by atoms with Crippen LogP contribution in [0.15, 0.2) is 34.2 Å². The number of H-pyrrole nitrogens is 1. The quantitative estimate of drug-likeness (QED) is 0.800. The summed E-state index contributed by atoms with van der Waals surface area (Å²) in [6.07, 6.45) is 0.868. The van der Waals surface area contributed by atoms with Crippen molar-refractivity contribution in [3.8, 4) is 0 Å². The van der Waals surface area contributed by atoms with Crippen molar-refractivity contribution in [3.63, 3.8) is 0 Å². The highest BCUT2D eigenvalue weighted by Crippen LogP contribution is 2.36. The van der Waals surface area contributed by atoms with Gasteiger partial charge in [-0.15, -0.1) is 5.10 Å². The molecule has 0 radical (unpaired) electrons. The molecule has 114 valence electrons. The van der Waals surface area contributed by atoms with Crippen LogP contribution in [-0.4, -0.2) is 20.8 Å². The summed E-state index contributed by atoms with van der Waals surface area (Å²) in [6.45, 7) is 4.60. The van der Waals surface area contributed by atoms with Crippen molar-refractivity contribution in [2.45, 2.75) is 43.3 Å². The maximum Gasteiger partial charge on any atom is 0.343 e. The number of rotatable bonds is 6. The molecule has 21 heavy (non-hydrogen) atoms. The van der Waals surface area contributed by atoms with Gasteiger partial charge in [-0.05, 0) is 31.0 Å². The van der Waals surface area contributed by atoms with E-state index in [9.17, 15) is 4.79 Å². The Bertz CT molecular complexity index is 652. The summed E-state index contributed by atoms with van der Waals surface area (Å²) in [4.78, 5) is 11.8. The van der Waals surface area contributed by atoms with Crippen molar-refractivity contribution in [2.24, 2.45) is 5.73 Å². The Kier molecular flexibility index (Phi) is 5.50. The van der Waals surface area contributed by atoms with Crippen LogP contribution in [0.1, 0.15) is 31.1 Å². The van der Waals surface area contributed by atoms with E-state index in [2.05, 4.69) is 10.2 Å². The van der Waals surface area contributed by atoms with Gasteiger partial charge >= 0.3 is 5.69 Å². The molecule has 0 aliphatic heterocycles. The third-order valence-electron chi connectivity index (χ3n) is 3.06. The molecule has 5 nitrogen and oxygen atoms in total. The molecule has 2 atom stereocenters. The number of nitrogens with zero attached hydrogens (tertiary/aromatic N) is 2. The highest BCUT2D eigenvalue weighted by atomic mass is 35.5. The predicted molar refractivity (Wildman–Crippen MR) is 86.8 cm³/mol. The van der Waals surface area contributed by atoms with E-state index < -0.39 is 0 Å². The first-order valence-electron chi connectivity index (χ1n) is 6.85. The Morgan fingerprint density at radius 3 is 2.90 bits per heavy atom. The van der Waals surface area contributed by atoms with Crippen LogP contribution in [0.2, 0.25) is 5.02 Å². The minimum absolute atomic E-state index is 0.0190. The monoisotopic (exact) mass is 326 g/mol.